The van der Waals surface area contributed by atoms with Crippen molar-refractivity contribution in [2.75, 3.05) is 13.7 Å². The van der Waals surface area contributed by atoms with E-state index in [4.69, 9.17) is 14.2 Å². The molecular weight excluding hydrogens is 411 g/mol. The van der Waals surface area contributed by atoms with Crippen LogP contribution in [0.4, 0.5) is 4.39 Å². The molecule has 0 saturated heterocycles. The van der Waals surface area contributed by atoms with Crippen molar-refractivity contribution in [3.05, 3.63) is 102 Å². The van der Waals surface area contributed by atoms with Gasteiger partial charge in [0, 0.05) is 5.56 Å². The van der Waals surface area contributed by atoms with Crippen molar-refractivity contribution in [1.82, 2.24) is 5.43 Å². The number of nitrogens with one attached hydrogen (secondary N) is 1. The van der Waals surface area contributed by atoms with E-state index in [9.17, 15) is 9.18 Å². The van der Waals surface area contributed by atoms with E-state index in [1.807, 2.05) is 12.1 Å². The molecule has 32 heavy (non-hydrogen) atoms. The highest BCUT2D eigenvalue weighted by Gasteiger charge is 2.10. The number of hydrogen-bond donors (Lipinski definition) is 1. The molecule has 0 unspecified atom stereocenters. The van der Waals surface area contributed by atoms with Gasteiger partial charge in [0.2, 0.25) is 0 Å². The zero-order valence-corrected chi connectivity index (χ0v) is 17.6. The normalized spacial score (nSPS) is 10.6. The van der Waals surface area contributed by atoms with Gasteiger partial charge in [-0.2, -0.15) is 5.10 Å². The SMILES string of the molecule is C=CCOc1ccc(C(=O)N/N=C/c2ccc(OCc3ccc(F)cc3)cc2)cc1OC. The van der Waals surface area contributed by atoms with Crippen molar-refractivity contribution in [3.63, 3.8) is 0 Å². The molecule has 0 aliphatic heterocycles. The van der Waals surface area contributed by atoms with Crippen LogP contribution in [-0.4, -0.2) is 25.8 Å². The lowest BCUT2D eigenvalue weighted by molar-refractivity contribution is 0.0954. The number of nitrogens with zero attached hydrogens (tertiary/aromatic N) is 1. The number of methoxy groups -OCH3 is 1. The van der Waals surface area contributed by atoms with Gasteiger partial charge >= 0.3 is 0 Å². The first-order chi connectivity index (χ1) is 15.6. The Morgan fingerprint density at radius 1 is 1.03 bits per heavy atom. The molecule has 0 saturated carbocycles. The zero-order valence-electron chi connectivity index (χ0n) is 17.6. The van der Waals surface area contributed by atoms with Gasteiger partial charge in [-0.25, -0.2) is 9.82 Å². The third-order valence-electron chi connectivity index (χ3n) is 4.36. The minimum Gasteiger partial charge on any atom is -0.493 e. The van der Waals surface area contributed by atoms with E-state index in [2.05, 4.69) is 17.1 Å². The Bertz CT molecular complexity index is 1080. The molecule has 0 spiro atoms. The molecule has 0 atom stereocenters. The molecule has 1 amide bonds. The summed E-state index contributed by atoms with van der Waals surface area (Å²) in [5.41, 5.74) is 4.52. The maximum atomic E-state index is 12.9. The van der Waals surface area contributed by atoms with Crippen molar-refractivity contribution < 1.29 is 23.4 Å². The predicted molar refractivity (Wildman–Crippen MR) is 121 cm³/mol. The van der Waals surface area contributed by atoms with Gasteiger partial charge in [-0.3, -0.25) is 4.79 Å². The number of ether oxygens (including phenoxy) is 3. The second-order valence-corrected chi connectivity index (χ2v) is 6.65. The molecule has 3 aromatic rings. The number of amides is 1. The summed E-state index contributed by atoms with van der Waals surface area (Å²) in [6.07, 6.45) is 3.15. The van der Waals surface area contributed by atoms with E-state index >= 15 is 0 Å². The maximum absolute atomic E-state index is 12.9. The number of hydrazone groups is 1. The van der Waals surface area contributed by atoms with Crippen LogP contribution in [0.3, 0.4) is 0 Å². The second kappa shape index (κ2) is 11.3. The zero-order chi connectivity index (χ0) is 22.8. The quantitative estimate of drug-likeness (QED) is 0.284. The van der Waals surface area contributed by atoms with Gasteiger partial charge in [-0.15, -0.1) is 0 Å². The average molecular weight is 434 g/mol. The van der Waals surface area contributed by atoms with Gasteiger partial charge in [0.25, 0.3) is 5.91 Å². The summed E-state index contributed by atoms with van der Waals surface area (Å²) in [4.78, 5) is 12.3. The van der Waals surface area contributed by atoms with E-state index in [1.54, 1.807) is 48.5 Å². The number of halogens is 1. The summed E-state index contributed by atoms with van der Waals surface area (Å²) in [6, 6.07) is 18.2. The highest BCUT2D eigenvalue weighted by molar-refractivity contribution is 5.95. The molecule has 0 heterocycles. The number of benzene rings is 3. The van der Waals surface area contributed by atoms with Crippen LogP contribution in [0, 0.1) is 5.82 Å². The third-order valence-corrected chi connectivity index (χ3v) is 4.36. The maximum Gasteiger partial charge on any atom is 0.271 e. The Labute approximate surface area is 185 Å². The Balaban J connectivity index is 1.53. The lowest BCUT2D eigenvalue weighted by atomic mass is 10.2. The fourth-order valence-electron chi connectivity index (χ4n) is 2.70. The van der Waals surface area contributed by atoms with Crippen LogP contribution < -0.4 is 19.6 Å². The summed E-state index contributed by atoms with van der Waals surface area (Å²) in [7, 11) is 1.50. The van der Waals surface area contributed by atoms with E-state index in [1.165, 1.54) is 25.5 Å². The largest absolute Gasteiger partial charge is 0.493 e. The van der Waals surface area contributed by atoms with Crippen LogP contribution >= 0.6 is 0 Å². The van der Waals surface area contributed by atoms with Gasteiger partial charge in [0.05, 0.1) is 13.3 Å². The van der Waals surface area contributed by atoms with Crippen molar-refractivity contribution in [1.29, 1.82) is 0 Å². The smallest absolute Gasteiger partial charge is 0.271 e. The van der Waals surface area contributed by atoms with Crippen LogP contribution in [0.25, 0.3) is 0 Å². The lowest BCUT2D eigenvalue weighted by Gasteiger charge is -2.10. The van der Waals surface area contributed by atoms with E-state index in [0.29, 0.717) is 36.0 Å². The van der Waals surface area contributed by atoms with Gasteiger partial charge in [-0.1, -0.05) is 24.8 Å². The van der Waals surface area contributed by atoms with Gasteiger partial charge in [0.15, 0.2) is 11.5 Å². The lowest BCUT2D eigenvalue weighted by Crippen LogP contribution is -2.17. The van der Waals surface area contributed by atoms with Crippen molar-refractivity contribution in [2.24, 2.45) is 5.10 Å². The van der Waals surface area contributed by atoms with Gasteiger partial charge in [0.1, 0.15) is 24.8 Å². The minimum absolute atomic E-state index is 0.279. The molecule has 1 N–H and O–H groups in total. The minimum atomic E-state index is -0.380. The summed E-state index contributed by atoms with van der Waals surface area (Å²) in [6.45, 7) is 4.27. The Morgan fingerprint density at radius 3 is 2.47 bits per heavy atom. The number of hydrogen-bond acceptors (Lipinski definition) is 5. The monoisotopic (exact) mass is 434 g/mol. The summed E-state index contributed by atoms with van der Waals surface area (Å²) < 4.78 is 29.4. The molecule has 0 bridgehead atoms. The number of rotatable bonds is 10. The van der Waals surface area contributed by atoms with Crippen LogP contribution in [0.15, 0.2) is 84.5 Å². The number of carbonyl (C=O) groups excluding carboxylic acids is 1. The molecule has 3 rings (SSSR count). The van der Waals surface area contributed by atoms with Crippen LogP contribution in [0.5, 0.6) is 17.2 Å². The molecule has 0 radical (unpaired) electrons. The van der Waals surface area contributed by atoms with Gasteiger partial charge < -0.3 is 14.2 Å². The number of carbonyl (C=O) groups is 1. The molecule has 3 aromatic carbocycles. The van der Waals surface area contributed by atoms with Crippen LogP contribution in [0.1, 0.15) is 21.5 Å². The van der Waals surface area contributed by atoms with E-state index < -0.39 is 0 Å². The van der Waals surface area contributed by atoms with Crippen molar-refractivity contribution >= 4 is 12.1 Å². The predicted octanol–water partition coefficient (Wildman–Crippen LogP) is 4.74. The molecule has 0 aromatic heterocycles. The molecule has 0 aliphatic rings. The first-order valence-corrected chi connectivity index (χ1v) is 9.81. The molecule has 164 valence electrons. The first-order valence-electron chi connectivity index (χ1n) is 9.81. The Morgan fingerprint density at radius 2 is 1.78 bits per heavy atom. The molecule has 7 heteroatoms. The molecule has 0 fully saturated rings. The molecule has 0 aliphatic carbocycles. The summed E-state index contributed by atoms with van der Waals surface area (Å²) in [5, 5.41) is 3.99. The second-order valence-electron chi connectivity index (χ2n) is 6.65. The topological polar surface area (TPSA) is 69.2 Å². The Kier molecular flexibility index (Phi) is 7.97. The van der Waals surface area contributed by atoms with E-state index in [0.717, 1.165) is 11.1 Å². The molecule has 6 nitrogen and oxygen atoms in total. The van der Waals surface area contributed by atoms with Crippen molar-refractivity contribution in [3.8, 4) is 17.2 Å². The highest BCUT2D eigenvalue weighted by atomic mass is 19.1. The van der Waals surface area contributed by atoms with Gasteiger partial charge in [-0.05, 0) is 65.7 Å². The summed E-state index contributed by atoms with van der Waals surface area (Å²) >= 11 is 0. The fourth-order valence-corrected chi connectivity index (χ4v) is 2.70. The fraction of sp³-hybridized carbons (Fsp3) is 0.120. The van der Waals surface area contributed by atoms with Crippen molar-refractivity contribution in [2.45, 2.75) is 6.61 Å². The standard InChI is InChI=1S/C25H23FN2O4/c1-3-14-31-23-13-8-20(15-24(23)30-2)25(29)28-27-16-18-6-11-22(12-7-18)32-17-19-4-9-21(26)10-5-19/h3-13,15-16H,1,14,17H2,2H3,(H,28,29)/b27-16+. The van der Waals surface area contributed by atoms with E-state index in [-0.39, 0.29) is 11.7 Å². The first kappa shape index (κ1) is 22.6. The third kappa shape index (κ3) is 6.43. The molecular formula is C25H23FN2O4. The Hall–Kier alpha value is -4.13. The average Bonchev–Trinajstić information content (AvgIpc) is 2.83. The van der Waals surface area contributed by atoms with Crippen LogP contribution in [0.2, 0.25) is 0 Å². The van der Waals surface area contributed by atoms with Crippen LogP contribution in [-0.2, 0) is 6.61 Å². The summed E-state index contributed by atoms with van der Waals surface area (Å²) in [5.74, 6) is 0.975. The highest BCUT2D eigenvalue weighted by Crippen LogP contribution is 2.28.